The largest absolute Gasteiger partial charge is 0.347 e. The molecule has 14 heavy (non-hydrogen) atoms. The summed E-state index contributed by atoms with van der Waals surface area (Å²) in [7, 11) is 5.35. The van der Waals surface area contributed by atoms with Crippen LogP contribution in [0.2, 0.25) is 0 Å². The van der Waals surface area contributed by atoms with E-state index in [1.807, 2.05) is 24.7 Å². The summed E-state index contributed by atoms with van der Waals surface area (Å²) in [5.41, 5.74) is 0. The van der Waals surface area contributed by atoms with Gasteiger partial charge in [-0.25, -0.2) is 4.98 Å². The molecular formula is C9H16N4O. The summed E-state index contributed by atoms with van der Waals surface area (Å²) >= 11 is 0. The van der Waals surface area contributed by atoms with Crippen LogP contribution in [0.25, 0.3) is 0 Å². The fourth-order valence-electron chi connectivity index (χ4n) is 1.15. The van der Waals surface area contributed by atoms with Gasteiger partial charge in [-0.2, -0.15) is 0 Å². The van der Waals surface area contributed by atoms with Crippen molar-refractivity contribution in [3.8, 4) is 0 Å². The van der Waals surface area contributed by atoms with Crippen molar-refractivity contribution in [2.45, 2.75) is 13.0 Å². The van der Waals surface area contributed by atoms with Crippen LogP contribution in [0.3, 0.4) is 0 Å². The van der Waals surface area contributed by atoms with Crippen molar-refractivity contribution in [3.63, 3.8) is 0 Å². The highest BCUT2D eigenvalue weighted by Crippen LogP contribution is 2.04. The average Bonchev–Trinajstić information content (AvgIpc) is 2.50. The molecule has 0 saturated carbocycles. The fourth-order valence-corrected chi connectivity index (χ4v) is 1.15. The molecule has 1 heterocycles. The Morgan fingerprint density at radius 1 is 1.64 bits per heavy atom. The Morgan fingerprint density at radius 2 is 2.29 bits per heavy atom. The van der Waals surface area contributed by atoms with Gasteiger partial charge in [-0.15, -0.1) is 0 Å². The van der Waals surface area contributed by atoms with Gasteiger partial charge in [0.25, 0.3) is 0 Å². The number of amides is 1. The van der Waals surface area contributed by atoms with Gasteiger partial charge in [0.2, 0.25) is 11.9 Å². The molecule has 5 nitrogen and oxygen atoms in total. The molecule has 0 aromatic carbocycles. The first-order valence-electron chi connectivity index (χ1n) is 4.47. The maximum absolute atomic E-state index is 11.5. The number of rotatable bonds is 3. The standard InChI is InChI=1S/C9H16N4O/c1-7(8(14)12(2)3)11-9-10-5-6-13(9)4/h5-7H,1-4H3,(H,10,11). The molecule has 1 aromatic heterocycles. The lowest BCUT2D eigenvalue weighted by atomic mass is 10.3. The lowest BCUT2D eigenvalue weighted by Gasteiger charge is -2.18. The maximum atomic E-state index is 11.5. The van der Waals surface area contributed by atoms with Crippen LogP contribution in [0.4, 0.5) is 5.95 Å². The molecule has 1 N–H and O–H groups in total. The molecule has 0 aliphatic carbocycles. The SMILES string of the molecule is CC(Nc1nccn1C)C(=O)N(C)C. The smallest absolute Gasteiger partial charge is 0.244 e. The molecule has 1 atom stereocenters. The molecule has 1 aromatic rings. The number of likely N-dealkylation sites (N-methyl/N-ethyl adjacent to an activating group) is 1. The normalized spacial score (nSPS) is 12.3. The summed E-state index contributed by atoms with van der Waals surface area (Å²) in [5.74, 6) is 0.737. The number of imidazole rings is 1. The van der Waals surface area contributed by atoms with Crippen LogP contribution in [0.15, 0.2) is 12.4 Å². The van der Waals surface area contributed by atoms with Crippen LogP contribution in [-0.4, -0.2) is 40.5 Å². The summed E-state index contributed by atoms with van der Waals surface area (Å²) in [6.45, 7) is 1.82. The minimum atomic E-state index is -0.258. The van der Waals surface area contributed by atoms with Crippen LogP contribution in [0.1, 0.15) is 6.92 Å². The highest BCUT2D eigenvalue weighted by molar-refractivity contribution is 5.83. The molecule has 0 radical (unpaired) electrons. The number of carbonyl (C=O) groups is 1. The Balaban J connectivity index is 2.62. The molecule has 0 aliphatic heterocycles. The second-order valence-electron chi connectivity index (χ2n) is 3.46. The van der Waals surface area contributed by atoms with Crippen molar-refractivity contribution >= 4 is 11.9 Å². The zero-order valence-corrected chi connectivity index (χ0v) is 8.98. The first-order chi connectivity index (χ1) is 6.52. The van der Waals surface area contributed by atoms with Gasteiger partial charge in [-0.05, 0) is 6.92 Å². The van der Waals surface area contributed by atoms with E-state index in [9.17, 15) is 4.79 Å². The average molecular weight is 196 g/mol. The zero-order chi connectivity index (χ0) is 10.7. The fraction of sp³-hybridized carbons (Fsp3) is 0.556. The minimum Gasteiger partial charge on any atom is -0.347 e. The van der Waals surface area contributed by atoms with Crippen molar-refractivity contribution in [3.05, 3.63) is 12.4 Å². The molecule has 0 aliphatic rings. The Kier molecular flexibility index (Phi) is 3.11. The molecular weight excluding hydrogens is 180 g/mol. The molecule has 0 fully saturated rings. The van der Waals surface area contributed by atoms with Gasteiger partial charge in [0, 0.05) is 33.5 Å². The van der Waals surface area contributed by atoms with E-state index < -0.39 is 0 Å². The van der Waals surface area contributed by atoms with Crippen LogP contribution in [-0.2, 0) is 11.8 Å². The van der Waals surface area contributed by atoms with Crippen molar-refractivity contribution in [2.75, 3.05) is 19.4 Å². The summed E-state index contributed by atoms with van der Waals surface area (Å²) in [4.78, 5) is 17.1. The maximum Gasteiger partial charge on any atom is 0.244 e. The van der Waals surface area contributed by atoms with Gasteiger partial charge >= 0.3 is 0 Å². The number of carbonyl (C=O) groups excluding carboxylic acids is 1. The van der Waals surface area contributed by atoms with E-state index in [1.54, 1.807) is 25.2 Å². The van der Waals surface area contributed by atoms with Gasteiger partial charge in [0.05, 0.1) is 0 Å². The van der Waals surface area contributed by atoms with E-state index in [2.05, 4.69) is 10.3 Å². The second kappa shape index (κ2) is 4.13. The predicted octanol–water partition coefficient (Wildman–Crippen LogP) is 0.309. The van der Waals surface area contributed by atoms with Crippen LogP contribution in [0, 0.1) is 0 Å². The first-order valence-corrected chi connectivity index (χ1v) is 4.47. The Hall–Kier alpha value is -1.52. The quantitative estimate of drug-likeness (QED) is 0.757. The van der Waals surface area contributed by atoms with Gasteiger partial charge in [0.15, 0.2) is 0 Å². The van der Waals surface area contributed by atoms with Crippen LogP contribution >= 0.6 is 0 Å². The van der Waals surface area contributed by atoms with E-state index in [0.29, 0.717) is 5.95 Å². The highest BCUT2D eigenvalue weighted by Gasteiger charge is 2.15. The van der Waals surface area contributed by atoms with Crippen molar-refractivity contribution < 1.29 is 4.79 Å². The van der Waals surface area contributed by atoms with Crippen molar-refractivity contribution in [2.24, 2.45) is 7.05 Å². The monoisotopic (exact) mass is 196 g/mol. The Labute approximate surface area is 83.7 Å². The van der Waals surface area contributed by atoms with E-state index in [4.69, 9.17) is 0 Å². The topological polar surface area (TPSA) is 50.2 Å². The molecule has 1 unspecified atom stereocenters. The number of hydrogen-bond donors (Lipinski definition) is 1. The van der Waals surface area contributed by atoms with Gasteiger partial charge in [-0.1, -0.05) is 0 Å². The second-order valence-corrected chi connectivity index (χ2v) is 3.46. The summed E-state index contributed by atoms with van der Waals surface area (Å²) in [5, 5.41) is 3.03. The number of anilines is 1. The summed E-state index contributed by atoms with van der Waals surface area (Å²) < 4.78 is 1.83. The van der Waals surface area contributed by atoms with Crippen LogP contribution < -0.4 is 5.32 Å². The third-order valence-electron chi connectivity index (χ3n) is 1.98. The van der Waals surface area contributed by atoms with E-state index in [1.165, 1.54) is 0 Å². The third kappa shape index (κ3) is 2.25. The lowest BCUT2D eigenvalue weighted by Crippen LogP contribution is -2.37. The molecule has 0 bridgehead atoms. The van der Waals surface area contributed by atoms with Gasteiger partial charge in [-0.3, -0.25) is 4.79 Å². The minimum absolute atomic E-state index is 0.0352. The third-order valence-corrected chi connectivity index (χ3v) is 1.98. The number of nitrogens with one attached hydrogen (secondary N) is 1. The molecule has 0 spiro atoms. The van der Waals surface area contributed by atoms with Gasteiger partial charge < -0.3 is 14.8 Å². The van der Waals surface area contributed by atoms with E-state index >= 15 is 0 Å². The van der Waals surface area contributed by atoms with Crippen molar-refractivity contribution in [1.82, 2.24) is 14.5 Å². The number of hydrogen-bond acceptors (Lipinski definition) is 3. The summed E-state index contributed by atoms with van der Waals surface area (Å²) in [6.07, 6.45) is 3.52. The van der Waals surface area contributed by atoms with Crippen molar-refractivity contribution in [1.29, 1.82) is 0 Å². The first kappa shape index (κ1) is 10.6. The van der Waals surface area contributed by atoms with E-state index in [-0.39, 0.29) is 11.9 Å². The molecule has 78 valence electrons. The molecule has 1 rings (SSSR count). The summed E-state index contributed by atoms with van der Waals surface area (Å²) in [6, 6.07) is -0.258. The molecule has 1 amide bonds. The number of nitrogens with zero attached hydrogens (tertiary/aromatic N) is 3. The predicted molar refractivity (Wildman–Crippen MR) is 55.0 cm³/mol. The number of aryl methyl sites for hydroxylation is 1. The zero-order valence-electron chi connectivity index (χ0n) is 8.98. The lowest BCUT2D eigenvalue weighted by molar-refractivity contribution is -0.129. The number of aromatic nitrogens is 2. The molecule has 5 heteroatoms. The Bertz CT molecular complexity index is 318. The highest BCUT2D eigenvalue weighted by atomic mass is 16.2. The van der Waals surface area contributed by atoms with E-state index in [0.717, 1.165) is 0 Å². The van der Waals surface area contributed by atoms with Crippen LogP contribution in [0.5, 0.6) is 0 Å². The molecule has 0 saturated heterocycles. The Morgan fingerprint density at radius 3 is 2.71 bits per heavy atom. The van der Waals surface area contributed by atoms with Gasteiger partial charge in [0.1, 0.15) is 6.04 Å².